The number of pyridine rings is 1. The number of imide groups is 1. The third-order valence-electron chi connectivity index (χ3n) is 3.13. The summed E-state index contributed by atoms with van der Waals surface area (Å²) >= 11 is 1.36. The summed E-state index contributed by atoms with van der Waals surface area (Å²) in [5.41, 5.74) is 6.34. The van der Waals surface area contributed by atoms with E-state index >= 15 is 0 Å². The minimum absolute atomic E-state index is 0.0485. The monoisotopic (exact) mass is 263 g/mol. The number of carbonyl (C=O) groups excluding carboxylic acids is 2. The second kappa shape index (κ2) is 4.28. The molecule has 0 bridgehead atoms. The number of amides is 2. The molecule has 3 rings (SSSR count). The maximum absolute atomic E-state index is 12.1. The standard InChI is InChI=1S/C12H13N3O2S/c13-8-6-14-4-3-9(8)18-10-5-11(16)15(12(10)17)7-1-2-7/h3-4,6-7,10H,1-2,5,13H2. The maximum atomic E-state index is 12.1. The molecule has 0 aromatic carbocycles. The van der Waals surface area contributed by atoms with Crippen LogP contribution < -0.4 is 5.73 Å². The Morgan fingerprint density at radius 2 is 2.17 bits per heavy atom. The molecule has 2 amide bonds. The van der Waals surface area contributed by atoms with E-state index in [4.69, 9.17) is 5.73 Å². The molecule has 2 fully saturated rings. The van der Waals surface area contributed by atoms with Gasteiger partial charge in [0, 0.05) is 23.6 Å². The first-order valence-electron chi connectivity index (χ1n) is 5.89. The molecule has 1 unspecified atom stereocenters. The fourth-order valence-electron chi connectivity index (χ4n) is 2.09. The third kappa shape index (κ3) is 1.96. The van der Waals surface area contributed by atoms with Crippen molar-refractivity contribution in [1.82, 2.24) is 9.88 Å². The van der Waals surface area contributed by atoms with Crippen molar-refractivity contribution in [2.24, 2.45) is 0 Å². The van der Waals surface area contributed by atoms with E-state index < -0.39 is 0 Å². The zero-order chi connectivity index (χ0) is 12.7. The fourth-order valence-corrected chi connectivity index (χ4v) is 3.16. The van der Waals surface area contributed by atoms with E-state index in [-0.39, 0.29) is 29.5 Å². The lowest BCUT2D eigenvalue weighted by atomic mass is 10.3. The highest BCUT2D eigenvalue weighted by Crippen LogP contribution is 2.38. The van der Waals surface area contributed by atoms with Gasteiger partial charge in [0.05, 0.1) is 17.1 Å². The summed E-state index contributed by atoms with van der Waals surface area (Å²) in [4.78, 5) is 30.1. The number of rotatable bonds is 3. The number of anilines is 1. The highest BCUT2D eigenvalue weighted by molar-refractivity contribution is 8.00. The van der Waals surface area contributed by atoms with E-state index in [1.54, 1.807) is 18.5 Å². The number of hydrogen-bond donors (Lipinski definition) is 1. The lowest BCUT2D eigenvalue weighted by Crippen LogP contribution is -2.33. The van der Waals surface area contributed by atoms with E-state index in [1.165, 1.54) is 16.7 Å². The molecule has 1 aromatic rings. The van der Waals surface area contributed by atoms with Crippen molar-refractivity contribution in [2.45, 2.75) is 35.4 Å². The second-order valence-corrected chi connectivity index (χ2v) is 5.80. The van der Waals surface area contributed by atoms with Crippen LogP contribution in [0.2, 0.25) is 0 Å². The first-order valence-corrected chi connectivity index (χ1v) is 6.77. The number of carbonyl (C=O) groups is 2. The van der Waals surface area contributed by atoms with Crippen LogP contribution in [0, 0.1) is 0 Å². The van der Waals surface area contributed by atoms with E-state index in [9.17, 15) is 9.59 Å². The average Bonchev–Trinajstić information content (AvgIpc) is 3.11. The van der Waals surface area contributed by atoms with Crippen molar-refractivity contribution >= 4 is 29.3 Å². The number of aromatic nitrogens is 1. The number of thioether (sulfide) groups is 1. The van der Waals surface area contributed by atoms with Crippen LogP contribution in [0.4, 0.5) is 5.69 Å². The number of hydrogen-bond acceptors (Lipinski definition) is 5. The minimum Gasteiger partial charge on any atom is -0.397 e. The van der Waals surface area contributed by atoms with Crippen molar-refractivity contribution in [3.8, 4) is 0 Å². The van der Waals surface area contributed by atoms with Gasteiger partial charge in [-0.1, -0.05) is 0 Å². The van der Waals surface area contributed by atoms with Gasteiger partial charge >= 0.3 is 0 Å². The zero-order valence-electron chi connectivity index (χ0n) is 9.70. The van der Waals surface area contributed by atoms with Gasteiger partial charge in [0.15, 0.2) is 0 Å². The molecule has 1 aromatic heterocycles. The first-order chi connectivity index (χ1) is 8.66. The van der Waals surface area contributed by atoms with Gasteiger partial charge < -0.3 is 5.73 Å². The molecule has 1 atom stereocenters. The Morgan fingerprint density at radius 1 is 1.39 bits per heavy atom. The Kier molecular flexibility index (Phi) is 2.74. The second-order valence-electron chi connectivity index (χ2n) is 4.56. The Hall–Kier alpha value is -1.56. The Balaban J connectivity index is 1.76. The number of nitrogen functional groups attached to an aromatic ring is 1. The van der Waals surface area contributed by atoms with E-state index in [0.29, 0.717) is 5.69 Å². The predicted molar refractivity (Wildman–Crippen MR) is 67.8 cm³/mol. The van der Waals surface area contributed by atoms with Gasteiger partial charge in [-0.2, -0.15) is 0 Å². The highest BCUT2D eigenvalue weighted by Gasteiger charge is 2.46. The largest absolute Gasteiger partial charge is 0.397 e. The van der Waals surface area contributed by atoms with Gasteiger partial charge in [0.1, 0.15) is 0 Å². The zero-order valence-corrected chi connectivity index (χ0v) is 10.5. The van der Waals surface area contributed by atoms with Crippen LogP contribution in [0.1, 0.15) is 19.3 Å². The third-order valence-corrected chi connectivity index (χ3v) is 4.41. The van der Waals surface area contributed by atoms with Crippen LogP contribution in [0.3, 0.4) is 0 Å². The summed E-state index contributed by atoms with van der Waals surface area (Å²) < 4.78 is 0. The molecule has 6 heteroatoms. The molecule has 1 aliphatic carbocycles. The van der Waals surface area contributed by atoms with Gasteiger partial charge in [-0.3, -0.25) is 19.5 Å². The molecule has 2 aliphatic rings. The van der Waals surface area contributed by atoms with Gasteiger partial charge in [-0.05, 0) is 18.9 Å². The van der Waals surface area contributed by atoms with Crippen LogP contribution in [0.25, 0.3) is 0 Å². The summed E-state index contributed by atoms with van der Waals surface area (Å²) in [5.74, 6) is -0.115. The Labute approximate surface area is 109 Å². The average molecular weight is 263 g/mol. The Morgan fingerprint density at radius 3 is 2.83 bits per heavy atom. The van der Waals surface area contributed by atoms with Crippen LogP contribution in [-0.2, 0) is 9.59 Å². The summed E-state index contributed by atoms with van der Waals surface area (Å²) in [6, 6.07) is 1.93. The smallest absolute Gasteiger partial charge is 0.243 e. The lowest BCUT2D eigenvalue weighted by Gasteiger charge is -2.13. The fraction of sp³-hybridized carbons (Fsp3) is 0.417. The number of nitrogens with two attached hydrogens (primary N) is 1. The van der Waals surface area contributed by atoms with E-state index in [0.717, 1.165) is 17.7 Å². The quantitative estimate of drug-likeness (QED) is 0.825. The van der Waals surface area contributed by atoms with Gasteiger partial charge in [0.2, 0.25) is 11.8 Å². The number of nitrogens with zero attached hydrogens (tertiary/aromatic N) is 2. The lowest BCUT2D eigenvalue weighted by molar-refractivity contribution is -0.138. The van der Waals surface area contributed by atoms with Crippen molar-refractivity contribution in [2.75, 3.05) is 5.73 Å². The van der Waals surface area contributed by atoms with Crippen molar-refractivity contribution in [3.05, 3.63) is 18.5 Å². The van der Waals surface area contributed by atoms with Crippen molar-refractivity contribution < 1.29 is 9.59 Å². The summed E-state index contributed by atoms with van der Waals surface area (Å²) in [6.07, 6.45) is 5.38. The van der Waals surface area contributed by atoms with Crippen LogP contribution in [0.5, 0.6) is 0 Å². The predicted octanol–water partition coefficient (Wildman–Crippen LogP) is 1.05. The normalized spacial score (nSPS) is 23.8. The van der Waals surface area contributed by atoms with Gasteiger partial charge in [-0.15, -0.1) is 11.8 Å². The maximum Gasteiger partial charge on any atom is 0.243 e. The molecule has 2 heterocycles. The van der Waals surface area contributed by atoms with E-state index in [2.05, 4.69) is 4.98 Å². The summed E-state index contributed by atoms with van der Waals surface area (Å²) in [5, 5.41) is -0.331. The number of likely N-dealkylation sites (tertiary alicyclic amines) is 1. The molecule has 5 nitrogen and oxygen atoms in total. The molecular formula is C12H13N3O2S. The molecule has 0 radical (unpaired) electrons. The Bertz CT molecular complexity index is 516. The molecular weight excluding hydrogens is 250 g/mol. The molecule has 1 saturated carbocycles. The van der Waals surface area contributed by atoms with E-state index in [1.807, 2.05) is 0 Å². The first kappa shape index (κ1) is 11.5. The minimum atomic E-state index is -0.331. The van der Waals surface area contributed by atoms with Gasteiger partial charge in [0.25, 0.3) is 0 Å². The topological polar surface area (TPSA) is 76.3 Å². The van der Waals surface area contributed by atoms with Crippen LogP contribution in [0.15, 0.2) is 23.4 Å². The molecule has 1 aliphatic heterocycles. The molecule has 0 spiro atoms. The van der Waals surface area contributed by atoms with Crippen LogP contribution >= 0.6 is 11.8 Å². The van der Waals surface area contributed by atoms with Crippen molar-refractivity contribution in [1.29, 1.82) is 0 Å². The summed E-state index contributed by atoms with van der Waals surface area (Å²) in [7, 11) is 0. The molecule has 94 valence electrons. The van der Waals surface area contributed by atoms with Crippen molar-refractivity contribution in [3.63, 3.8) is 0 Å². The SMILES string of the molecule is Nc1cnccc1SC1CC(=O)N(C2CC2)C1=O. The highest BCUT2D eigenvalue weighted by atomic mass is 32.2. The molecule has 18 heavy (non-hydrogen) atoms. The summed E-state index contributed by atoms with van der Waals surface area (Å²) in [6.45, 7) is 0. The van der Waals surface area contributed by atoms with Gasteiger partial charge in [-0.25, -0.2) is 0 Å². The van der Waals surface area contributed by atoms with Crippen LogP contribution in [-0.4, -0.2) is 33.0 Å². The molecule has 2 N–H and O–H groups in total. The molecule has 1 saturated heterocycles.